The minimum absolute atomic E-state index is 0.199. The molecule has 21 heavy (non-hydrogen) atoms. The van der Waals surface area contributed by atoms with Crippen LogP contribution in [0.1, 0.15) is 17.4 Å². The molecule has 1 aliphatic heterocycles. The van der Waals surface area contributed by atoms with Crippen molar-refractivity contribution in [1.29, 1.82) is 0 Å². The van der Waals surface area contributed by atoms with E-state index in [1.165, 1.54) is 0 Å². The Morgan fingerprint density at radius 2 is 1.90 bits per heavy atom. The molecule has 1 saturated heterocycles. The third kappa shape index (κ3) is 2.09. The lowest BCUT2D eigenvalue weighted by molar-refractivity contribution is -0.0498. The third-order valence-corrected chi connectivity index (χ3v) is 4.10. The molecule has 1 fully saturated rings. The SMILES string of the molecule is Cc1cc2nc(N)n([C@@H]3O[C@@H](CO)[C@@H](O)[C@H]3O)c2cc1C. The van der Waals surface area contributed by atoms with Crippen molar-refractivity contribution in [2.24, 2.45) is 0 Å². The lowest BCUT2D eigenvalue weighted by Crippen LogP contribution is -2.33. The molecule has 7 heteroatoms. The molecule has 0 aliphatic carbocycles. The molecule has 7 nitrogen and oxygen atoms in total. The number of hydrogen-bond donors (Lipinski definition) is 4. The van der Waals surface area contributed by atoms with Crippen molar-refractivity contribution in [1.82, 2.24) is 9.55 Å². The summed E-state index contributed by atoms with van der Waals surface area (Å²) in [6, 6.07) is 3.83. The maximum atomic E-state index is 10.1. The zero-order chi connectivity index (χ0) is 15.3. The van der Waals surface area contributed by atoms with Crippen LogP contribution in [0.3, 0.4) is 0 Å². The molecule has 0 bridgehead atoms. The average molecular weight is 293 g/mol. The summed E-state index contributed by atoms with van der Waals surface area (Å²) in [5, 5.41) is 29.2. The predicted molar refractivity (Wildman–Crippen MR) is 76.6 cm³/mol. The average Bonchev–Trinajstić information content (AvgIpc) is 2.89. The Hall–Kier alpha value is -1.67. The lowest BCUT2D eigenvalue weighted by atomic mass is 10.1. The number of aryl methyl sites for hydroxylation is 2. The van der Waals surface area contributed by atoms with Crippen LogP contribution in [-0.2, 0) is 4.74 Å². The fourth-order valence-corrected chi connectivity index (χ4v) is 2.73. The molecule has 0 saturated carbocycles. The van der Waals surface area contributed by atoms with E-state index < -0.39 is 24.5 Å². The van der Waals surface area contributed by atoms with Crippen molar-refractivity contribution in [3.05, 3.63) is 23.3 Å². The van der Waals surface area contributed by atoms with Crippen molar-refractivity contribution in [3.8, 4) is 0 Å². The number of benzene rings is 1. The van der Waals surface area contributed by atoms with Gasteiger partial charge in [0.2, 0.25) is 5.95 Å². The minimum atomic E-state index is -1.18. The molecule has 4 atom stereocenters. The summed E-state index contributed by atoms with van der Waals surface area (Å²) in [6.07, 6.45) is -4.05. The summed E-state index contributed by atoms with van der Waals surface area (Å²) in [5.74, 6) is 0.199. The summed E-state index contributed by atoms with van der Waals surface area (Å²) < 4.78 is 7.09. The van der Waals surface area contributed by atoms with Gasteiger partial charge in [0.1, 0.15) is 18.3 Å². The second kappa shape index (κ2) is 4.96. The first kappa shape index (κ1) is 14.3. The van der Waals surface area contributed by atoms with Gasteiger partial charge in [-0.2, -0.15) is 0 Å². The van der Waals surface area contributed by atoms with E-state index >= 15 is 0 Å². The van der Waals surface area contributed by atoms with Gasteiger partial charge < -0.3 is 25.8 Å². The van der Waals surface area contributed by atoms with E-state index in [0.717, 1.165) is 16.6 Å². The van der Waals surface area contributed by atoms with Crippen LogP contribution in [0.15, 0.2) is 12.1 Å². The Morgan fingerprint density at radius 3 is 2.52 bits per heavy atom. The molecule has 1 aromatic heterocycles. The molecule has 0 spiro atoms. The molecule has 5 N–H and O–H groups in total. The fourth-order valence-electron chi connectivity index (χ4n) is 2.73. The first-order valence-electron chi connectivity index (χ1n) is 6.81. The topological polar surface area (TPSA) is 114 Å². The Labute approximate surface area is 121 Å². The number of imidazole rings is 1. The number of rotatable bonds is 2. The number of aromatic nitrogens is 2. The quantitative estimate of drug-likeness (QED) is 0.612. The van der Waals surface area contributed by atoms with Gasteiger partial charge >= 0.3 is 0 Å². The Bertz CT molecular complexity index is 684. The van der Waals surface area contributed by atoms with Crippen LogP contribution in [0.2, 0.25) is 0 Å². The van der Waals surface area contributed by atoms with Crippen LogP contribution in [0, 0.1) is 13.8 Å². The molecular weight excluding hydrogens is 274 g/mol. The number of nitrogen functional groups attached to an aromatic ring is 1. The van der Waals surface area contributed by atoms with Crippen molar-refractivity contribution in [2.45, 2.75) is 38.4 Å². The highest BCUT2D eigenvalue weighted by molar-refractivity contribution is 5.80. The summed E-state index contributed by atoms with van der Waals surface area (Å²) in [5.41, 5.74) is 9.53. The van der Waals surface area contributed by atoms with Gasteiger partial charge in [-0.3, -0.25) is 4.57 Å². The van der Waals surface area contributed by atoms with Crippen LogP contribution in [0.4, 0.5) is 5.95 Å². The molecule has 1 aliphatic rings. The summed E-state index contributed by atoms with van der Waals surface area (Å²) in [6.45, 7) is 3.58. The number of nitrogens with zero attached hydrogens (tertiary/aromatic N) is 2. The van der Waals surface area contributed by atoms with Crippen molar-refractivity contribution in [2.75, 3.05) is 12.3 Å². The van der Waals surface area contributed by atoms with E-state index in [2.05, 4.69) is 4.98 Å². The van der Waals surface area contributed by atoms with E-state index in [-0.39, 0.29) is 12.6 Å². The van der Waals surface area contributed by atoms with Gasteiger partial charge in [-0.25, -0.2) is 4.98 Å². The number of ether oxygens (including phenoxy) is 1. The van der Waals surface area contributed by atoms with Gasteiger partial charge in [-0.1, -0.05) is 0 Å². The first-order chi connectivity index (χ1) is 9.93. The molecule has 2 aromatic rings. The zero-order valence-corrected chi connectivity index (χ0v) is 11.9. The first-order valence-corrected chi connectivity index (χ1v) is 6.81. The number of fused-ring (bicyclic) bond motifs is 1. The van der Waals surface area contributed by atoms with Crippen molar-refractivity contribution < 1.29 is 20.1 Å². The summed E-state index contributed by atoms with van der Waals surface area (Å²) >= 11 is 0. The van der Waals surface area contributed by atoms with Gasteiger partial charge in [0, 0.05) is 0 Å². The Kier molecular flexibility index (Phi) is 3.37. The van der Waals surface area contributed by atoms with Crippen LogP contribution in [0.5, 0.6) is 0 Å². The number of aliphatic hydroxyl groups is 3. The Balaban J connectivity index is 2.12. The smallest absolute Gasteiger partial charge is 0.203 e. The van der Waals surface area contributed by atoms with Gasteiger partial charge in [0.05, 0.1) is 17.6 Å². The molecular formula is C14H19N3O4. The number of anilines is 1. The highest BCUT2D eigenvalue weighted by atomic mass is 16.6. The van der Waals surface area contributed by atoms with Crippen molar-refractivity contribution >= 4 is 17.0 Å². The van der Waals surface area contributed by atoms with Gasteiger partial charge in [0.15, 0.2) is 6.23 Å². The second-order valence-electron chi connectivity index (χ2n) is 5.49. The van der Waals surface area contributed by atoms with Crippen LogP contribution >= 0.6 is 0 Å². The highest BCUT2D eigenvalue weighted by Gasteiger charge is 2.44. The van der Waals surface area contributed by atoms with E-state index in [1.54, 1.807) is 4.57 Å². The minimum Gasteiger partial charge on any atom is -0.394 e. The summed E-state index contributed by atoms with van der Waals surface area (Å²) in [4.78, 5) is 4.28. The normalized spacial score (nSPS) is 29.4. The summed E-state index contributed by atoms with van der Waals surface area (Å²) in [7, 11) is 0. The van der Waals surface area contributed by atoms with Crippen LogP contribution < -0.4 is 5.73 Å². The number of aliphatic hydroxyl groups excluding tert-OH is 3. The van der Waals surface area contributed by atoms with Crippen molar-refractivity contribution in [3.63, 3.8) is 0 Å². The second-order valence-corrected chi connectivity index (χ2v) is 5.49. The molecule has 114 valence electrons. The van der Waals surface area contributed by atoms with E-state index in [9.17, 15) is 15.3 Å². The van der Waals surface area contributed by atoms with Crippen LogP contribution in [-0.4, -0.2) is 49.8 Å². The van der Waals surface area contributed by atoms with Gasteiger partial charge in [0.25, 0.3) is 0 Å². The molecule has 2 heterocycles. The fraction of sp³-hybridized carbons (Fsp3) is 0.500. The molecule has 0 radical (unpaired) electrons. The van der Waals surface area contributed by atoms with E-state index in [0.29, 0.717) is 5.52 Å². The van der Waals surface area contributed by atoms with Gasteiger partial charge in [-0.05, 0) is 37.1 Å². The number of hydrogen-bond acceptors (Lipinski definition) is 6. The molecule has 1 aromatic carbocycles. The third-order valence-electron chi connectivity index (χ3n) is 4.10. The standard InChI is InChI=1S/C14H19N3O4/c1-6-3-8-9(4-7(6)2)17(14(15)16-8)13-12(20)11(19)10(5-18)21-13/h3-4,10-13,18-20H,5H2,1-2H3,(H2,15,16)/t10-,11+,12+,13+/m0/s1. The molecule has 0 unspecified atom stereocenters. The maximum absolute atomic E-state index is 10.1. The molecule has 0 amide bonds. The van der Waals surface area contributed by atoms with E-state index in [4.69, 9.17) is 10.5 Å². The van der Waals surface area contributed by atoms with E-state index in [1.807, 2.05) is 26.0 Å². The highest BCUT2D eigenvalue weighted by Crippen LogP contribution is 2.34. The predicted octanol–water partition coefficient (Wildman–Crippen LogP) is -0.153. The lowest BCUT2D eigenvalue weighted by Gasteiger charge is -2.18. The monoisotopic (exact) mass is 293 g/mol. The van der Waals surface area contributed by atoms with Gasteiger partial charge in [-0.15, -0.1) is 0 Å². The number of nitrogens with two attached hydrogens (primary N) is 1. The largest absolute Gasteiger partial charge is 0.394 e. The maximum Gasteiger partial charge on any atom is 0.203 e. The van der Waals surface area contributed by atoms with Crippen LogP contribution in [0.25, 0.3) is 11.0 Å². The molecule has 3 rings (SSSR count). The zero-order valence-electron chi connectivity index (χ0n) is 11.9. The Morgan fingerprint density at radius 1 is 1.24 bits per heavy atom.